The van der Waals surface area contributed by atoms with Gasteiger partial charge in [-0.3, -0.25) is 0 Å². The molecule has 0 aliphatic rings. The number of hydrogen-bond acceptors (Lipinski definition) is 1. The van der Waals surface area contributed by atoms with Gasteiger partial charge in [0.2, 0.25) is 0 Å². The molecule has 102 valence electrons. The van der Waals surface area contributed by atoms with Gasteiger partial charge in [-0.1, -0.05) is 38.7 Å². The molecular formula is C14H20F3N. The van der Waals surface area contributed by atoms with Gasteiger partial charge in [0, 0.05) is 12.2 Å². The van der Waals surface area contributed by atoms with Gasteiger partial charge in [-0.05, 0) is 24.6 Å². The Kier molecular flexibility index (Phi) is 6.02. The molecule has 1 aromatic carbocycles. The van der Waals surface area contributed by atoms with Crippen LogP contribution in [0, 0.1) is 0 Å². The van der Waals surface area contributed by atoms with Crippen molar-refractivity contribution in [1.29, 1.82) is 0 Å². The van der Waals surface area contributed by atoms with Crippen LogP contribution in [0.4, 0.5) is 18.9 Å². The van der Waals surface area contributed by atoms with Gasteiger partial charge in [0.25, 0.3) is 0 Å². The van der Waals surface area contributed by atoms with Gasteiger partial charge in [0.05, 0.1) is 5.56 Å². The van der Waals surface area contributed by atoms with Crippen molar-refractivity contribution in [3.8, 4) is 0 Å². The van der Waals surface area contributed by atoms with Crippen LogP contribution in [0.2, 0.25) is 0 Å². The lowest BCUT2D eigenvalue weighted by Gasteiger charge is -2.10. The lowest BCUT2D eigenvalue weighted by molar-refractivity contribution is -0.137. The van der Waals surface area contributed by atoms with Crippen molar-refractivity contribution in [2.75, 3.05) is 11.9 Å². The molecule has 0 aliphatic heterocycles. The summed E-state index contributed by atoms with van der Waals surface area (Å²) >= 11 is 0. The molecule has 0 fully saturated rings. The Morgan fingerprint density at radius 2 is 1.78 bits per heavy atom. The molecular weight excluding hydrogens is 239 g/mol. The van der Waals surface area contributed by atoms with E-state index in [1.54, 1.807) is 6.07 Å². The Balaban J connectivity index is 2.34. The summed E-state index contributed by atoms with van der Waals surface area (Å²) in [6, 6.07) is 5.35. The minimum Gasteiger partial charge on any atom is -0.385 e. The minimum absolute atomic E-state index is 0.542. The van der Waals surface area contributed by atoms with Crippen molar-refractivity contribution in [2.24, 2.45) is 0 Å². The van der Waals surface area contributed by atoms with Crippen LogP contribution in [-0.2, 0) is 6.18 Å². The predicted octanol–water partition coefficient (Wildman–Crippen LogP) is 5.09. The van der Waals surface area contributed by atoms with Crippen molar-refractivity contribution in [2.45, 2.75) is 45.2 Å². The van der Waals surface area contributed by atoms with Crippen molar-refractivity contribution in [3.05, 3.63) is 29.8 Å². The van der Waals surface area contributed by atoms with Crippen LogP contribution in [0.1, 0.15) is 44.6 Å². The average Bonchev–Trinajstić information content (AvgIpc) is 2.33. The first kappa shape index (κ1) is 14.9. The molecule has 0 bridgehead atoms. The van der Waals surface area contributed by atoms with Crippen molar-refractivity contribution >= 4 is 5.69 Å². The van der Waals surface area contributed by atoms with Crippen LogP contribution in [-0.4, -0.2) is 6.54 Å². The third kappa shape index (κ3) is 5.43. The maximum Gasteiger partial charge on any atom is 0.416 e. The number of nitrogens with one attached hydrogen (secondary N) is 1. The second kappa shape index (κ2) is 7.29. The van der Waals surface area contributed by atoms with E-state index in [1.807, 2.05) is 0 Å². The molecule has 0 amide bonds. The lowest BCUT2D eigenvalue weighted by Crippen LogP contribution is -2.07. The number of halogens is 3. The molecule has 0 atom stereocenters. The van der Waals surface area contributed by atoms with E-state index < -0.39 is 11.7 Å². The molecule has 0 heterocycles. The van der Waals surface area contributed by atoms with Crippen LogP contribution in [0.25, 0.3) is 0 Å². The van der Waals surface area contributed by atoms with Gasteiger partial charge in [-0.15, -0.1) is 0 Å². The van der Waals surface area contributed by atoms with Gasteiger partial charge in [0.1, 0.15) is 0 Å². The van der Waals surface area contributed by atoms with E-state index in [0.717, 1.165) is 31.5 Å². The van der Waals surface area contributed by atoms with Gasteiger partial charge >= 0.3 is 6.18 Å². The molecule has 1 N–H and O–H groups in total. The Morgan fingerprint density at radius 3 is 2.44 bits per heavy atom. The monoisotopic (exact) mass is 259 g/mol. The molecule has 1 aromatic rings. The molecule has 0 aromatic heterocycles. The third-order valence-electron chi connectivity index (χ3n) is 2.80. The van der Waals surface area contributed by atoms with Crippen molar-refractivity contribution in [3.63, 3.8) is 0 Å². The molecule has 0 aliphatic carbocycles. The highest BCUT2D eigenvalue weighted by Gasteiger charge is 2.30. The second-order valence-electron chi connectivity index (χ2n) is 4.42. The quantitative estimate of drug-likeness (QED) is 0.673. The van der Waals surface area contributed by atoms with E-state index >= 15 is 0 Å². The molecule has 4 heteroatoms. The first-order valence-corrected chi connectivity index (χ1v) is 6.45. The normalized spacial score (nSPS) is 11.6. The fraction of sp³-hybridized carbons (Fsp3) is 0.571. The second-order valence-corrected chi connectivity index (χ2v) is 4.42. The van der Waals surface area contributed by atoms with E-state index in [1.165, 1.54) is 25.3 Å². The summed E-state index contributed by atoms with van der Waals surface area (Å²) < 4.78 is 37.4. The zero-order valence-electron chi connectivity index (χ0n) is 10.7. The first-order chi connectivity index (χ1) is 8.54. The smallest absolute Gasteiger partial charge is 0.385 e. The molecule has 18 heavy (non-hydrogen) atoms. The third-order valence-corrected chi connectivity index (χ3v) is 2.80. The maximum atomic E-state index is 12.5. The summed E-state index contributed by atoms with van der Waals surface area (Å²) in [5.74, 6) is 0. The van der Waals surface area contributed by atoms with E-state index in [0.29, 0.717) is 5.69 Å². The molecule has 1 nitrogen and oxygen atoms in total. The number of unbranched alkanes of at least 4 members (excludes halogenated alkanes) is 4. The number of benzene rings is 1. The van der Waals surface area contributed by atoms with E-state index in [9.17, 15) is 13.2 Å². The summed E-state index contributed by atoms with van der Waals surface area (Å²) in [6.07, 6.45) is 1.47. The Hall–Kier alpha value is -1.19. The van der Waals surface area contributed by atoms with Crippen LogP contribution in [0.3, 0.4) is 0 Å². The summed E-state index contributed by atoms with van der Waals surface area (Å²) in [5.41, 5.74) is -0.0567. The minimum atomic E-state index is -4.27. The van der Waals surface area contributed by atoms with Gasteiger partial charge in [-0.25, -0.2) is 0 Å². The first-order valence-electron chi connectivity index (χ1n) is 6.45. The number of alkyl halides is 3. The molecule has 0 spiro atoms. The average molecular weight is 259 g/mol. The van der Waals surface area contributed by atoms with Crippen LogP contribution in [0.5, 0.6) is 0 Å². The fourth-order valence-electron chi connectivity index (χ4n) is 1.77. The van der Waals surface area contributed by atoms with Crippen molar-refractivity contribution < 1.29 is 13.2 Å². The Morgan fingerprint density at radius 1 is 1.06 bits per heavy atom. The van der Waals surface area contributed by atoms with Crippen LogP contribution < -0.4 is 5.32 Å². The van der Waals surface area contributed by atoms with E-state index in [-0.39, 0.29) is 0 Å². The van der Waals surface area contributed by atoms with Crippen molar-refractivity contribution in [1.82, 2.24) is 0 Å². The summed E-state index contributed by atoms with van der Waals surface area (Å²) in [7, 11) is 0. The molecule has 0 unspecified atom stereocenters. The lowest BCUT2D eigenvalue weighted by atomic mass is 10.1. The van der Waals surface area contributed by atoms with E-state index in [2.05, 4.69) is 12.2 Å². The summed E-state index contributed by atoms with van der Waals surface area (Å²) in [4.78, 5) is 0. The Bertz CT molecular complexity index is 347. The molecule has 0 radical (unpaired) electrons. The topological polar surface area (TPSA) is 12.0 Å². The standard InChI is InChI=1S/C14H20F3N/c1-2-3-4-5-6-10-18-13-9-7-8-12(11-13)14(15,16)17/h7-9,11,18H,2-6,10H2,1H3. The van der Waals surface area contributed by atoms with E-state index in [4.69, 9.17) is 0 Å². The predicted molar refractivity (Wildman–Crippen MR) is 68.7 cm³/mol. The van der Waals surface area contributed by atoms with Gasteiger partial charge in [-0.2, -0.15) is 13.2 Å². The Labute approximate surface area is 106 Å². The summed E-state index contributed by atoms with van der Waals surface area (Å²) in [5, 5.41) is 3.03. The SMILES string of the molecule is CCCCCCCNc1cccc(C(F)(F)F)c1. The highest BCUT2D eigenvalue weighted by molar-refractivity contribution is 5.46. The number of rotatable bonds is 7. The molecule has 0 saturated heterocycles. The van der Waals surface area contributed by atoms with Gasteiger partial charge < -0.3 is 5.32 Å². The highest BCUT2D eigenvalue weighted by Crippen LogP contribution is 2.30. The number of hydrogen-bond donors (Lipinski definition) is 1. The molecule has 1 rings (SSSR count). The highest BCUT2D eigenvalue weighted by atomic mass is 19.4. The maximum absolute atomic E-state index is 12.5. The van der Waals surface area contributed by atoms with Crippen LogP contribution in [0.15, 0.2) is 24.3 Å². The van der Waals surface area contributed by atoms with Crippen LogP contribution >= 0.6 is 0 Å². The summed E-state index contributed by atoms with van der Waals surface area (Å²) in [6.45, 7) is 2.88. The van der Waals surface area contributed by atoms with Gasteiger partial charge in [0.15, 0.2) is 0 Å². The zero-order chi connectivity index (χ0) is 13.4. The number of anilines is 1. The fourth-order valence-corrected chi connectivity index (χ4v) is 1.77. The zero-order valence-corrected chi connectivity index (χ0v) is 10.7. The largest absolute Gasteiger partial charge is 0.416 e. The molecule has 0 saturated carbocycles.